The first kappa shape index (κ1) is 16.0. The van der Waals surface area contributed by atoms with Crippen molar-refractivity contribution < 1.29 is 28.0 Å². The number of nitrogens with one attached hydrogen (secondary N) is 1. The van der Waals surface area contributed by atoms with Gasteiger partial charge in [-0.15, -0.1) is 0 Å². The second kappa shape index (κ2) is 5.65. The SMILES string of the molecule is Nc1nc2c(ncn2[C@H]2CC(F)[C@@H](COP(=O)(O)O)O2)c(=O)[nH]1. The average molecular weight is 349 g/mol. The van der Waals surface area contributed by atoms with Crippen LogP contribution in [-0.2, 0) is 13.8 Å². The van der Waals surface area contributed by atoms with Gasteiger partial charge >= 0.3 is 7.82 Å². The first-order valence-corrected chi connectivity index (χ1v) is 7.99. The summed E-state index contributed by atoms with van der Waals surface area (Å²) in [5, 5.41) is 0. The van der Waals surface area contributed by atoms with Gasteiger partial charge < -0.3 is 20.3 Å². The zero-order chi connectivity index (χ0) is 16.8. The first-order chi connectivity index (χ1) is 10.7. The van der Waals surface area contributed by atoms with Crippen LogP contribution in [-0.4, -0.2) is 48.2 Å². The molecule has 1 unspecified atom stereocenters. The van der Waals surface area contributed by atoms with Crippen LogP contribution < -0.4 is 11.3 Å². The average Bonchev–Trinajstić information content (AvgIpc) is 2.99. The van der Waals surface area contributed by atoms with Crippen LogP contribution in [0.1, 0.15) is 12.6 Å². The lowest BCUT2D eigenvalue weighted by molar-refractivity contribution is -0.0317. The molecule has 0 radical (unpaired) electrons. The molecule has 1 aliphatic heterocycles. The van der Waals surface area contributed by atoms with E-state index in [0.29, 0.717) is 0 Å². The van der Waals surface area contributed by atoms with Gasteiger partial charge in [-0.2, -0.15) is 4.98 Å². The van der Waals surface area contributed by atoms with E-state index in [9.17, 15) is 13.8 Å². The summed E-state index contributed by atoms with van der Waals surface area (Å²) < 4.78 is 35.6. The molecule has 0 amide bonds. The Kier molecular flexibility index (Phi) is 3.94. The number of phosphoric acid groups is 1. The molecule has 0 aromatic carbocycles. The molecule has 0 saturated carbocycles. The molecule has 3 rings (SSSR count). The lowest BCUT2D eigenvalue weighted by Gasteiger charge is -2.15. The maximum absolute atomic E-state index is 14.0. The minimum Gasteiger partial charge on any atom is -0.369 e. The third-order valence-electron chi connectivity index (χ3n) is 3.33. The van der Waals surface area contributed by atoms with Gasteiger partial charge in [-0.1, -0.05) is 0 Å². The number of nitrogen functional groups attached to an aromatic ring is 1. The van der Waals surface area contributed by atoms with E-state index < -0.39 is 38.5 Å². The minimum absolute atomic E-state index is 0.0214. The standard InChI is InChI=1S/C10H13FN5O6P/c11-4-1-6(22-5(4)2-21-23(18,19)20)16-3-13-7-8(16)14-10(12)15-9(7)17/h3-6H,1-2H2,(H2,18,19,20)(H3,12,14,15,17)/t4?,5-,6-/m1/s1. The predicted molar refractivity (Wildman–Crippen MR) is 74.0 cm³/mol. The van der Waals surface area contributed by atoms with Crippen molar-refractivity contribution in [1.82, 2.24) is 19.5 Å². The number of H-pyrrole nitrogens is 1. The smallest absolute Gasteiger partial charge is 0.369 e. The number of ether oxygens (including phenoxy) is 1. The molecule has 1 aliphatic rings. The van der Waals surface area contributed by atoms with Crippen molar-refractivity contribution in [2.24, 2.45) is 0 Å². The van der Waals surface area contributed by atoms with Crippen LogP contribution in [0.2, 0.25) is 0 Å². The summed E-state index contributed by atoms with van der Waals surface area (Å²) in [7, 11) is -4.72. The van der Waals surface area contributed by atoms with Crippen LogP contribution in [0.4, 0.5) is 10.3 Å². The van der Waals surface area contributed by atoms with E-state index in [2.05, 4.69) is 19.5 Å². The Morgan fingerprint density at radius 2 is 2.35 bits per heavy atom. The zero-order valence-corrected chi connectivity index (χ0v) is 12.4. The number of phosphoric ester groups is 1. The van der Waals surface area contributed by atoms with E-state index in [-0.39, 0.29) is 23.5 Å². The van der Waals surface area contributed by atoms with Crippen LogP contribution in [0.25, 0.3) is 11.2 Å². The van der Waals surface area contributed by atoms with E-state index in [0.717, 1.165) is 0 Å². The summed E-state index contributed by atoms with van der Waals surface area (Å²) in [6, 6.07) is 0. The van der Waals surface area contributed by atoms with Crippen molar-refractivity contribution in [2.75, 3.05) is 12.3 Å². The fourth-order valence-corrected chi connectivity index (χ4v) is 2.68. The molecular formula is C10H13FN5O6P. The number of nitrogens with two attached hydrogens (primary N) is 1. The van der Waals surface area contributed by atoms with Crippen molar-refractivity contribution in [2.45, 2.75) is 24.9 Å². The Labute approximate surface area is 127 Å². The van der Waals surface area contributed by atoms with Gasteiger partial charge in [0.1, 0.15) is 18.5 Å². The number of hydrogen-bond donors (Lipinski definition) is 4. The molecule has 23 heavy (non-hydrogen) atoms. The highest BCUT2D eigenvalue weighted by Gasteiger charge is 2.38. The highest BCUT2D eigenvalue weighted by atomic mass is 31.2. The predicted octanol–water partition coefficient (Wildman–Crippen LogP) is -0.563. The molecule has 0 spiro atoms. The van der Waals surface area contributed by atoms with Gasteiger partial charge in [0.25, 0.3) is 5.56 Å². The molecule has 126 valence electrons. The summed E-state index contributed by atoms with van der Waals surface area (Å²) in [5.74, 6) is -0.125. The lowest BCUT2D eigenvalue weighted by atomic mass is 10.2. The zero-order valence-electron chi connectivity index (χ0n) is 11.5. The van der Waals surface area contributed by atoms with Gasteiger partial charge in [-0.05, 0) is 0 Å². The number of fused-ring (bicyclic) bond motifs is 1. The fraction of sp³-hybridized carbons (Fsp3) is 0.500. The van der Waals surface area contributed by atoms with Gasteiger partial charge in [0.15, 0.2) is 11.2 Å². The second-order valence-electron chi connectivity index (χ2n) is 4.94. The summed E-state index contributed by atoms with van der Waals surface area (Å²) in [4.78, 5) is 39.1. The van der Waals surface area contributed by atoms with Crippen molar-refractivity contribution in [3.05, 3.63) is 16.7 Å². The molecule has 2 aromatic heterocycles. The summed E-state index contributed by atoms with van der Waals surface area (Å²) in [5.41, 5.74) is 5.08. The molecule has 3 atom stereocenters. The normalized spacial score (nSPS) is 25.3. The number of hydrogen-bond acceptors (Lipinski definition) is 7. The van der Waals surface area contributed by atoms with E-state index >= 15 is 0 Å². The van der Waals surface area contributed by atoms with E-state index in [1.165, 1.54) is 10.9 Å². The summed E-state index contributed by atoms with van der Waals surface area (Å²) in [6.45, 7) is -0.606. The number of imidazole rings is 1. The lowest BCUT2D eigenvalue weighted by Crippen LogP contribution is -2.23. The number of anilines is 1. The van der Waals surface area contributed by atoms with E-state index in [1.807, 2.05) is 0 Å². The Balaban J connectivity index is 1.84. The molecule has 13 heteroatoms. The fourth-order valence-electron chi connectivity index (χ4n) is 2.33. The Hall–Kier alpha value is -1.85. The van der Waals surface area contributed by atoms with Crippen molar-refractivity contribution in [3.63, 3.8) is 0 Å². The number of rotatable bonds is 4. The number of alkyl halides is 1. The molecule has 0 bridgehead atoms. The van der Waals surface area contributed by atoms with Gasteiger partial charge in [0, 0.05) is 6.42 Å². The highest BCUT2D eigenvalue weighted by molar-refractivity contribution is 7.46. The molecule has 0 aliphatic carbocycles. The third kappa shape index (κ3) is 3.26. The Bertz CT molecular complexity index is 833. The minimum atomic E-state index is -4.72. The van der Waals surface area contributed by atoms with Gasteiger partial charge in [-0.25, -0.2) is 13.9 Å². The van der Waals surface area contributed by atoms with Crippen molar-refractivity contribution in [1.29, 1.82) is 0 Å². The van der Waals surface area contributed by atoms with Crippen LogP contribution in [0, 0.1) is 0 Å². The number of halogens is 1. The van der Waals surface area contributed by atoms with Crippen LogP contribution in [0.3, 0.4) is 0 Å². The monoisotopic (exact) mass is 349 g/mol. The van der Waals surface area contributed by atoms with E-state index in [1.54, 1.807) is 0 Å². The van der Waals surface area contributed by atoms with Gasteiger partial charge in [0.2, 0.25) is 5.95 Å². The van der Waals surface area contributed by atoms with Gasteiger partial charge in [0.05, 0.1) is 12.9 Å². The maximum atomic E-state index is 14.0. The van der Waals surface area contributed by atoms with Gasteiger partial charge in [-0.3, -0.25) is 18.9 Å². The molecule has 5 N–H and O–H groups in total. The largest absolute Gasteiger partial charge is 0.469 e. The number of aromatic nitrogens is 4. The molecule has 1 fully saturated rings. The van der Waals surface area contributed by atoms with Crippen LogP contribution in [0.15, 0.2) is 11.1 Å². The molecule has 11 nitrogen and oxygen atoms in total. The highest BCUT2D eigenvalue weighted by Crippen LogP contribution is 2.39. The molecule has 3 heterocycles. The topological polar surface area (TPSA) is 166 Å². The molecule has 2 aromatic rings. The van der Waals surface area contributed by atoms with Crippen LogP contribution >= 0.6 is 7.82 Å². The Morgan fingerprint density at radius 1 is 1.61 bits per heavy atom. The first-order valence-electron chi connectivity index (χ1n) is 6.46. The third-order valence-corrected chi connectivity index (χ3v) is 3.82. The quantitative estimate of drug-likeness (QED) is 0.529. The molecule has 1 saturated heterocycles. The number of aromatic amines is 1. The molecular weight excluding hydrogens is 336 g/mol. The maximum Gasteiger partial charge on any atom is 0.469 e. The summed E-state index contributed by atoms with van der Waals surface area (Å²) in [6.07, 6.45) is -2.38. The van der Waals surface area contributed by atoms with Crippen molar-refractivity contribution in [3.8, 4) is 0 Å². The second-order valence-corrected chi connectivity index (χ2v) is 6.18. The summed E-state index contributed by atoms with van der Waals surface area (Å²) >= 11 is 0. The van der Waals surface area contributed by atoms with E-state index in [4.69, 9.17) is 20.3 Å². The van der Waals surface area contributed by atoms with Crippen LogP contribution in [0.5, 0.6) is 0 Å². The Morgan fingerprint density at radius 3 is 3.04 bits per heavy atom. The van der Waals surface area contributed by atoms with Crippen molar-refractivity contribution >= 4 is 24.9 Å². The number of nitrogens with zero attached hydrogens (tertiary/aromatic N) is 3.